The van der Waals surface area contributed by atoms with Gasteiger partial charge in [0.2, 0.25) is 5.78 Å². The topological polar surface area (TPSA) is 47.8 Å². The first kappa shape index (κ1) is 10.5. The van der Waals surface area contributed by atoms with Crippen LogP contribution in [0.15, 0.2) is 30.5 Å². The Balaban J connectivity index is 2.31. The highest BCUT2D eigenvalue weighted by Crippen LogP contribution is 2.10. The first-order chi connectivity index (χ1) is 7.72. The molecule has 0 aliphatic heterocycles. The molecule has 0 radical (unpaired) electrons. The van der Waals surface area contributed by atoms with E-state index in [1.54, 1.807) is 7.05 Å². The van der Waals surface area contributed by atoms with Crippen molar-refractivity contribution in [3.05, 3.63) is 47.3 Å². The van der Waals surface area contributed by atoms with E-state index in [9.17, 15) is 4.79 Å². The van der Waals surface area contributed by atoms with E-state index < -0.39 is 0 Å². The summed E-state index contributed by atoms with van der Waals surface area (Å²) in [4.78, 5) is 12.0. The third-order valence-corrected chi connectivity index (χ3v) is 2.57. The van der Waals surface area contributed by atoms with Crippen LogP contribution in [0.3, 0.4) is 0 Å². The largest absolute Gasteiger partial charge is 0.287 e. The third kappa shape index (κ3) is 1.86. The molecule has 0 spiro atoms. The van der Waals surface area contributed by atoms with E-state index in [2.05, 4.69) is 17.2 Å². The van der Waals surface area contributed by atoms with Crippen LogP contribution in [0.5, 0.6) is 0 Å². The van der Waals surface area contributed by atoms with Gasteiger partial charge >= 0.3 is 0 Å². The lowest BCUT2D eigenvalue weighted by Gasteiger charge is -2.01. The molecule has 0 amide bonds. The Kier molecular flexibility index (Phi) is 2.81. The minimum absolute atomic E-state index is 0.0462. The molecule has 4 nitrogen and oxygen atoms in total. The number of benzene rings is 1. The molecule has 2 aromatic rings. The van der Waals surface area contributed by atoms with Crippen molar-refractivity contribution in [1.29, 1.82) is 0 Å². The summed E-state index contributed by atoms with van der Waals surface area (Å²) in [5.41, 5.74) is 2.39. The Hall–Kier alpha value is -1.97. The van der Waals surface area contributed by atoms with E-state index in [1.165, 1.54) is 16.4 Å². The maximum absolute atomic E-state index is 12.0. The second kappa shape index (κ2) is 4.26. The van der Waals surface area contributed by atoms with Crippen molar-refractivity contribution in [2.75, 3.05) is 0 Å². The van der Waals surface area contributed by atoms with Gasteiger partial charge in [0, 0.05) is 12.6 Å². The average Bonchev–Trinajstić information content (AvgIpc) is 2.75. The Morgan fingerprint density at radius 1 is 1.31 bits per heavy atom. The second-order valence-corrected chi connectivity index (χ2v) is 3.62. The number of ketones is 1. The quantitative estimate of drug-likeness (QED) is 0.731. The van der Waals surface area contributed by atoms with Gasteiger partial charge in [0.1, 0.15) is 5.69 Å². The van der Waals surface area contributed by atoms with Crippen LogP contribution >= 0.6 is 0 Å². The molecule has 1 aromatic heterocycles. The zero-order valence-electron chi connectivity index (χ0n) is 9.34. The molecular weight excluding hydrogens is 202 g/mol. The van der Waals surface area contributed by atoms with E-state index in [0.717, 1.165) is 6.42 Å². The standard InChI is InChI=1S/C12H13N3O/c1-3-9-4-6-10(7-5-9)12(16)11-8-13-14-15(11)2/h4-8H,3H2,1-2H3. The van der Waals surface area contributed by atoms with Crippen molar-refractivity contribution >= 4 is 5.78 Å². The van der Waals surface area contributed by atoms with E-state index in [1.807, 2.05) is 24.3 Å². The highest BCUT2D eigenvalue weighted by molar-refractivity contribution is 6.07. The molecule has 0 atom stereocenters. The van der Waals surface area contributed by atoms with Crippen molar-refractivity contribution in [2.24, 2.45) is 7.05 Å². The minimum atomic E-state index is -0.0462. The maximum atomic E-state index is 12.0. The molecule has 2 rings (SSSR count). The third-order valence-electron chi connectivity index (χ3n) is 2.57. The van der Waals surface area contributed by atoms with Gasteiger partial charge in [-0.15, -0.1) is 5.10 Å². The predicted octanol–water partition coefficient (Wildman–Crippen LogP) is 1.61. The highest BCUT2D eigenvalue weighted by atomic mass is 16.1. The molecule has 0 aliphatic carbocycles. The number of carbonyl (C=O) groups is 1. The molecule has 16 heavy (non-hydrogen) atoms. The summed E-state index contributed by atoms with van der Waals surface area (Å²) in [6.45, 7) is 2.09. The van der Waals surface area contributed by atoms with Gasteiger partial charge in [0.05, 0.1) is 6.20 Å². The number of hydrogen-bond donors (Lipinski definition) is 0. The fourth-order valence-electron chi connectivity index (χ4n) is 1.53. The lowest BCUT2D eigenvalue weighted by Crippen LogP contribution is -2.08. The molecule has 0 unspecified atom stereocenters. The van der Waals surface area contributed by atoms with Gasteiger partial charge in [-0.25, -0.2) is 4.68 Å². The van der Waals surface area contributed by atoms with E-state index in [4.69, 9.17) is 0 Å². The fourth-order valence-corrected chi connectivity index (χ4v) is 1.53. The second-order valence-electron chi connectivity index (χ2n) is 3.62. The smallest absolute Gasteiger partial charge is 0.212 e. The van der Waals surface area contributed by atoms with Crippen LogP contribution in [0.1, 0.15) is 28.5 Å². The zero-order chi connectivity index (χ0) is 11.5. The molecule has 4 heteroatoms. The number of aryl methyl sites for hydroxylation is 2. The summed E-state index contributed by atoms with van der Waals surface area (Å²) in [6.07, 6.45) is 2.46. The number of hydrogen-bond acceptors (Lipinski definition) is 3. The van der Waals surface area contributed by atoms with Crippen molar-refractivity contribution < 1.29 is 4.79 Å². The van der Waals surface area contributed by atoms with Gasteiger partial charge < -0.3 is 0 Å². The molecule has 1 heterocycles. The SMILES string of the molecule is CCc1ccc(C(=O)c2cnnn2C)cc1. The van der Waals surface area contributed by atoms with Crippen LogP contribution < -0.4 is 0 Å². The van der Waals surface area contributed by atoms with Crippen LogP contribution in [0.4, 0.5) is 0 Å². The molecule has 1 aromatic carbocycles. The Bertz CT molecular complexity index is 499. The first-order valence-electron chi connectivity index (χ1n) is 5.20. The molecule has 0 saturated carbocycles. The summed E-state index contributed by atoms with van der Waals surface area (Å²) in [5.74, 6) is -0.0462. The monoisotopic (exact) mass is 215 g/mol. The van der Waals surface area contributed by atoms with Crippen molar-refractivity contribution in [2.45, 2.75) is 13.3 Å². The minimum Gasteiger partial charge on any atom is -0.287 e. The predicted molar refractivity (Wildman–Crippen MR) is 60.3 cm³/mol. The van der Waals surface area contributed by atoms with Crippen molar-refractivity contribution in [3.8, 4) is 0 Å². The van der Waals surface area contributed by atoms with Crippen LogP contribution in [0, 0.1) is 0 Å². The van der Waals surface area contributed by atoms with Crippen LogP contribution in [-0.2, 0) is 13.5 Å². The van der Waals surface area contributed by atoms with Crippen LogP contribution in [0.25, 0.3) is 0 Å². The lowest BCUT2D eigenvalue weighted by molar-refractivity contribution is 0.103. The van der Waals surface area contributed by atoms with Gasteiger partial charge in [-0.3, -0.25) is 4.79 Å². The molecule has 0 saturated heterocycles. The average molecular weight is 215 g/mol. The zero-order valence-corrected chi connectivity index (χ0v) is 9.34. The Labute approximate surface area is 93.9 Å². The van der Waals surface area contributed by atoms with Gasteiger partial charge in [0.15, 0.2) is 0 Å². The number of carbonyl (C=O) groups excluding carboxylic acids is 1. The molecule has 0 aliphatic rings. The van der Waals surface area contributed by atoms with Gasteiger partial charge in [-0.1, -0.05) is 36.4 Å². The summed E-state index contributed by atoms with van der Waals surface area (Å²) < 4.78 is 1.48. The lowest BCUT2D eigenvalue weighted by atomic mass is 10.1. The van der Waals surface area contributed by atoms with Crippen LogP contribution in [0.2, 0.25) is 0 Å². The van der Waals surface area contributed by atoms with Crippen molar-refractivity contribution in [3.63, 3.8) is 0 Å². The molecule has 0 N–H and O–H groups in total. The van der Waals surface area contributed by atoms with E-state index in [-0.39, 0.29) is 5.78 Å². The molecular formula is C12H13N3O. The van der Waals surface area contributed by atoms with Gasteiger partial charge in [0.25, 0.3) is 0 Å². The summed E-state index contributed by atoms with van der Waals surface area (Å²) in [7, 11) is 1.71. The maximum Gasteiger partial charge on any atom is 0.212 e. The Morgan fingerprint density at radius 2 is 2.00 bits per heavy atom. The highest BCUT2D eigenvalue weighted by Gasteiger charge is 2.12. The fraction of sp³-hybridized carbons (Fsp3) is 0.250. The molecule has 0 bridgehead atoms. The summed E-state index contributed by atoms with van der Waals surface area (Å²) in [5, 5.41) is 7.44. The van der Waals surface area contributed by atoms with E-state index in [0.29, 0.717) is 11.3 Å². The van der Waals surface area contributed by atoms with Crippen LogP contribution in [-0.4, -0.2) is 20.8 Å². The normalized spacial score (nSPS) is 10.4. The number of nitrogens with zero attached hydrogens (tertiary/aromatic N) is 3. The molecule has 82 valence electrons. The van der Waals surface area contributed by atoms with Gasteiger partial charge in [-0.2, -0.15) is 0 Å². The van der Waals surface area contributed by atoms with Gasteiger partial charge in [-0.05, 0) is 12.0 Å². The molecule has 0 fully saturated rings. The first-order valence-corrected chi connectivity index (χ1v) is 5.20. The Morgan fingerprint density at radius 3 is 2.50 bits per heavy atom. The number of aromatic nitrogens is 3. The number of rotatable bonds is 3. The summed E-state index contributed by atoms with van der Waals surface area (Å²) >= 11 is 0. The van der Waals surface area contributed by atoms with E-state index >= 15 is 0 Å². The van der Waals surface area contributed by atoms with Crippen molar-refractivity contribution in [1.82, 2.24) is 15.0 Å². The summed E-state index contributed by atoms with van der Waals surface area (Å²) in [6, 6.07) is 7.62.